The molecule has 0 saturated heterocycles. The van der Waals surface area contributed by atoms with Crippen LogP contribution in [0, 0.1) is 5.82 Å². The number of amides is 1. The number of benzene rings is 1. The Morgan fingerprint density at radius 2 is 2.22 bits per heavy atom. The monoisotopic (exact) mass is 463 g/mol. The minimum absolute atomic E-state index is 0.0474. The number of hydrogen-bond donors (Lipinski definition) is 5. The summed E-state index contributed by atoms with van der Waals surface area (Å²) < 4.78 is 18.1. The van der Waals surface area contributed by atoms with Crippen molar-refractivity contribution in [2.45, 2.75) is 11.1 Å². The van der Waals surface area contributed by atoms with Crippen LogP contribution >= 0.6 is 27.7 Å². The van der Waals surface area contributed by atoms with E-state index in [4.69, 9.17) is 5.11 Å². The normalized spacial score (nSPS) is 12.7. The molecule has 0 aliphatic rings. The third-order valence-electron chi connectivity index (χ3n) is 3.02. The Hall–Kier alpha value is -2.06. The van der Waals surface area contributed by atoms with E-state index >= 15 is 0 Å². The van der Waals surface area contributed by atoms with E-state index in [1.165, 1.54) is 18.2 Å². The molecular weight excluding hydrogens is 449 g/mol. The SMILES string of the molecule is O=C(CSc1nonc1C(=Nc1ccc(F)c(Br)c1)NO)NC[C@@H](O)CO. The number of carbonyl (C=O) groups is 1. The third-order valence-corrected chi connectivity index (χ3v) is 4.57. The Balaban J connectivity index is 2.08. The van der Waals surface area contributed by atoms with Crippen molar-refractivity contribution in [3.63, 3.8) is 0 Å². The summed E-state index contributed by atoms with van der Waals surface area (Å²) >= 11 is 3.99. The van der Waals surface area contributed by atoms with Gasteiger partial charge in [-0.3, -0.25) is 15.5 Å². The van der Waals surface area contributed by atoms with Gasteiger partial charge < -0.3 is 15.5 Å². The molecule has 2 rings (SSSR count). The average molecular weight is 464 g/mol. The van der Waals surface area contributed by atoms with Gasteiger partial charge in [0, 0.05) is 6.54 Å². The van der Waals surface area contributed by atoms with Crippen LogP contribution in [0.15, 0.2) is 37.3 Å². The smallest absolute Gasteiger partial charge is 0.230 e. The summed E-state index contributed by atoms with van der Waals surface area (Å²) in [6.45, 7) is -0.559. The molecule has 146 valence electrons. The number of carbonyl (C=O) groups excluding carboxylic acids is 1. The highest BCUT2D eigenvalue weighted by molar-refractivity contribution is 9.10. The number of aromatic nitrogens is 2. The topological polar surface area (TPSA) is 153 Å². The van der Waals surface area contributed by atoms with E-state index in [-0.39, 0.29) is 33.3 Å². The van der Waals surface area contributed by atoms with Gasteiger partial charge in [-0.05, 0) is 44.4 Å². The highest BCUT2D eigenvalue weighted by atomic mass is 79.9. The zero-order chi connectivity index (χ0) is 19.8. The molecule has 1 aromatic heterocycles. The van der Waals surface area contributed by atoms with Gasteiger partial charge in [0.05, 0.1) is 28.6 Å². The summed E-state index contributed by atoms with van der Waals surface area (Å²) in [5, 5.41) is 37.1. The lowest BCUT2D eigenvalue weighted by molar-refractivity contribution is -0.119. The van der Waals surface area contributed by atoms with Gasteiger partial charge in [0.25, 0.3) is 0 Å². The minimum Gasteiger partial charge on any atom is -0.394 e. The molecule has 5 N–H and O–H groups in total. The number of nitrogens with zero attached hydrogens (tertiary/aromatic N) is 3. The van der Waals surface area contributed by atoms with E-state index < -0.39 is 24.4 Å². The Morgan fingerprint density at radius 3 is 2.89 bits per heavy atom. The number of rotatable bonds is 8. The van der Waals surface area contributed by atoms with Crippen LogP contribution in [0.2, 0.25) is 0 Å². The van der Waals surface area contributed by atoms with Crippen molar-refractivity contribution in [2.75, 3.05) is 18.9 Å². The molecular formula is C14H15BrFN5O5S. The largest absolute Gasteiger partial charge is 0.394 e. The second-order valence-corrected chi connectivity index (χ2v) is 6.84. The van der Waals surface area contributed by atoms with Crippen molar-refractivity contribution in [3.8, 4) is 0 Å². The molecule has 2 aromatic rings. The van der Waals surface area contributed by atoms with Crippen LogP contribution in [0.3, 0.4) is 0 Å². The first-order valence-corrected chi connectivity index (χ1v) is 9.17. The molecule has 0 spiro atoms. The van der Waals surface area contributed by atoms with E-state index in [0.29, 0.717) is 5.69 Å². The first-order chi connectivity index (χ1) is 12.9. The van der Waals surface area contributed by atoms with Crippen LogP contribution in [0.25, 0.3) is 0 Å². The first kappa shape index (κ1) is 21.2. The van der Waals surface area contributed by atoms with Gasteiger partial charge in [0.1, 0.15) is 5.82 Å². The van der Waals surface area contributed by atoms with Gasteiger partial charge in [-0.2, -0.15) is 0 Å². The molecule has 0 fully saturated rings. The summed E-state index contributed by atoms with van der Waals surface area (Å²) in [7, 11) is 0. The lowest BCUT2D eigenvalue weighted by Crippen LogP contribution is -2.34. The van der Waals surface area contributed by atoms with Crippen molar-refractivity contribution >= 4 is 45.1 Å². The maximum Gasteiger partial charge on any atom is 0.230 e. The van der Waals surface area contributed by atoms with E-state index in [0.717, 1.165) is 11.8 Å². The number of aliphatic hydroxyl groups is 2. The maximum absolute atomic E-state index is 13.3. The average Bonchev–Trinajstić information content (AvgIpc) is 3.13. The van der Waals surface area contributed by atoms with Gasteiger partial charge >= 0.3 is 0 Å². The summed E-state index contributed by atoms with van der Waals surface area (Å²) in [5.41, 5.74) is 2.23. The van der Waals surface area contributed by atoms with Gasteiger partial charge in [-0.15, -0.1) is 0 Å². The van der Waals surface area contributed by atoms with Gasteiger partial charge in [0.15, 0.2) is 16.6 Å². The molecule has 13 heteroatoms. The number of thioether (sulfide) groups is 1. The molecule has 1 heterocycles. The molecule has 1 amide bonds. The van der Waals surface area contributed by atoms with E-state index in [1.807, 2.05) is 5.48 Å². The fourth-order valence-electron chi connectivity index (χ4n) is 1.72. The zero-order valence-electron chi connectivity index (χ0n) is 13.6. The Morgan fingerprint density at radius 1 is 1.44 bits per heavy atom. The number of hydrogen-bond acceptors (Lipinski definition) is 9. The number of halogens is 2. The van der Waals surface area contributed by atoms with Crippen LogP contribution in [0.5, 0.6) is 0 Å². The van der Waals surface area contributed by atoms with Crippen LogP contribution in [0.4, 0.5) is 10.1 Å². The summed E-state index contributed by atoms with van der Waals surface area (Å²) in [4.78, 5) is 15.8. The number of hydroxylamine groups is 1. The van der Waals surface area contributed by atoms with E-state index in [2.05, 4.69) is 41.2 Å². The van der Waals surface area contributed by atoms with Crippen LogP contribution in [-0.4, -0.2) is 62.5 Å². The second-order valence-electron chi connectivity index (χ2n) is 5.02. The summed E-state index contributed by atoms with van der Waals surface area (Å²) in [6.07, 6.45) is -1.05. The molecule has 10 nitrogen and oxygen atoms in total. The van der Waals surface area contributed by atoms with E-state index in [9.17, 15) is 19.5 Å². The number of nitrogens with one attached hydrogen (secondary N) is 2. The van der Waals surface area contributed by atoms with Crippen molar-refractivity contribution in [3.05, 3.63) is 34.2 Å². The molecule has 1 aromatic carbocycles. The predicted molar refractivity (Wildman–Crippen MR) is 96.3 cm³/mol. The maximum atomic E-state index is 13.3. The lowest BCUT2D eigenvalue weighted by atomic mass is 10.3. The molecule has 0 bridgehead atoms. The highest BCUT2D eigenvalue weighted by Gasteiger charge is 2.18. The highest BCUT2D eigenvalue weighted by Crippen LogP contribution is 2.24. The van der Waals surface area contributed by atoms with Crippen LogP contribution in [-0.2, 0) is 4.79 Å². The molecule has 0 radical (unpaired) electrons. The summed E-state index contributed by atoms with van der Waals surface area (Å²) in [6, 6.07) is 3.98. The molecule has 0 unspecified atom stereocenters. The Labute approximate surface area is 164 Å². The Kier molecular flexibility index (Phi) is 8.12. The van der Waals surface area contributed by atoms with Gasteiger partial charge in [-0.25, -0.2) is 14.0 Å². The van der Waals surface area contributed by atoms with Crippen LogP contribution in [0.1, 0.15) is 5.69 Å². The molecule has 0 aliphatic carbocycles. The van der Waals surface area contributed by atoms with E-state index in [1.54, 1.807) is 0 Å². The zero-order valence-corrected chi connectivity index (χ0v) is 16.0. The molecule has 0 aliphatic heterocycles. The molecule has 1 atom stereocenters. The number of aliphatic imine (C=N–C) groups is 1. The first-order valence-electron chi connectivity index (χ1n) is 7.39. The van der Waals surface area contributed by atoms with Crippen molar-refractivity contribution in [1.29, 1.82) is 0 Å². The van der Waals surface area contributed by atoms with Gasteiger partial charge in [-0.1, -0.05) is 11.8 Å². The second kappa shape index (κ2) is 10.3. The fraction of sp³-hybridized carbons (Fsp3) is 0.286. The molecule has 27 heavy (non-hydrogen) atoms. The van der Waals surface area contributed by atoms with Crippen molar-refractivity contribution in [1.82, 2.24) is 21.1 Å². The third kappa shape index (κ3) is 6.25. The van der Waals surface area contributed by atoms with Gasteiger partial charge in [0.2, 0.25) is 5.91 Å². The van der Waals surface area contributed by atoms with Crippen molar-refractivity contribution in [2.24, 2.45) is 4.99 Å². The Bertz CT molecular complexity index is 821. The summed E-state index contributed by atoms with van der Waals surface area (Å²) in [5.74, 6) is -1.09. The minimum atomic E-state index is -1.05. The lowest BCUT2D eigenvalue weighted by Gasteiger charge is -2.08. The van der Waals surface area contributed by atoms with Crippen molar-refractivity contribution < 1.29 is 29.2 Å². The quantitative estimate of drug-likeness (QED) is 0.164. The predicted octanol–water partition coefficient (Wildman–Crippen LogP) is 0.590. The number of amidine groups is 1. The van der Waals surface area contributed by atoms with Crippen LogP contribution < -0.4 is 10.8 Å². The molecule has 0 saturated carbocycles. The standard InChI is InChI=1S/C14H15BrFN5O5S/c15-9-3-7(1-2-10(9)16)18-13(19-25)12-14(21-26-20-12)27-6-11(24)17-4-8(23)5-22/h1-3,8,22-23,25H,4-6H2,(H,17,24)(H,18,19)/t8-/m1/s1. The number of aliphatic hydroxyl groups excluding tert-OH is 2. The fourth-order valence-corrected chi connectivity index (χ4v) is 2.81.